The first-order chi connectivity index (χ1) is 13.8. The number of likely N-dealkylation sites (tertiary alicyclic amines) is 1. The smallest absolute Gasteiger partial charge is 0.385 e. The topological polar surface area (TPSA) is 53.4 Å². The average Bonchev–Trinajstić information content (AvgIpc) is 2.74. The Bertz CT molecular complexity index is 870. The molecule has 1 aliphatic carbocycles. The number of nitrogens with zero attached hydrogens (tertiary/aromatic N) is 2. The molecule has 1 aliphatic heterocycles. The van der Waals surface area contributed by atoms with Crippen LogP contribution in [0.1, 0.15) is 53.7 Å². The lowest BCUT2D eigenvalue weighted by Gasteiger charge is -2.52. The second-order valence-electron chi connectivity index (χ2n) is 7.93. The third-order valence-electron chi connectivity index (χ3n) is 6.31. The van der Waals surface area contributed by atoms with Crippen LogP contribution in [-0.2, 0) is 11.8 Å². The average molecular weight is 404 g/mol. The summed E-state index contributed by atoms with van der Waals surface area (Å²) in [6, 6.07) is 11.4. The number of piperidine rings is 1. The van der Waals surface area contributed by atoms with Crippen LogP contribution in [0, 0.1) is 5.92 Å². The molecule has 1 amide bonds. The minimum absolute atomic E-state index is 0.0984. The van der Waals surface area contributed by atoms with E-state index in [-0.39, 0.29) is 23.4 Å². The molecule has 2 heterocycles. The molecule has 1 aromatic carbocycles. The van der Waals surface area contributed by atoms with Crippen molar-refractivity contribution >= 4 is 5.91 Å². The van der Waals surface area contributed by atoms with Crippen molar-refractivity contribution < 1.29 is 23.1 Å². The van der Waals surface area contributed by atoms with Crippen LogP contribution >= 0.6 is 0 Å². The predicted molar refractivity (Wildman–Crippen MR) is 101 cm³/mol. The fourth-order valence-electron chi connectivity index (χ4n) is 4.87. The van der Waals surface area contributed by atoms with Crippen molar-refractivity contribution in [1.82, 2.24) is 9.88 Å². The lowest BCUT2D eigenvalue weighted by molar-refractivity contribution is -0.141. The van der Waals surface area contributed by atoms with Gasteiger partial charge < -0.3 is 10.0 Å². The summed E-state index contributed by atoms with van der Waals surface area (Å²) < 4.78 is 38.3. The maximum absolute atomic E-state index is 13.1. The summed E-state index contributed by atoms with van der Waals surface area (Å²) in [7, 11) is 0. The highest BCUT2D eigenvalue weighted by molar-refractivity contribution is 5.94. The van der Waals surface area contributed by atoms with Crippen LogP contribution < -0.4 is 0 Å². The number of rotatable bonds is 2. The van der Waals surface area contributed by atoms with E-state index in [1.165, 1.54) is 6.07 Å². The summed E-state index contributed by atoms with van der Waals surface area (Å²) in [6.07, 6.45) is 0.401. The lowest BCUT2D eigenvalue weighted by atomic mass is 9.66. The molecule has 154 valence electrons. The van der Waals surface area contributed by atoms with E-state index >= 15 is 0 Å². The number of fused-ring (bicyclic) bond motifs is 1. The number of hydrogen-bond donors (Lipinski definition) is 1. The van der Waals surface area contributed by atoms with Gasteiger partial charge in [-0.3, -0.25) is 9.78 Å². The molecular formula is C22H23F3N2O2. The fraction of sp³-hybridized carbons (Fsp3) is 0.455. The van der Waals surface area contributed by atoms with E-state index in [2.05, 4.69) is 4.98 Å². The van der Waals surface area contributed by atoms with E-state index in [1.54, 1.807) is 4.90 Å². The van der Waals surface area contributed by atoms with Crippen molar-refractivity contribution in [3.63, 3.8) is 0 Å². The van der Waals surface area contributed by atoms with Gasteiger partial charge in [-0.25, -0.2) is 0 Å². The molecule has 2 aliphatic rings. The highest BCUT2D eigenvalue weighted by atomic mass is 19.4. The van der Waals surface area contributed by atoms with Crippen LogP contribution in [-0.4, -0.2) is 33.5 Å². The molecule has 0 bridgehead atoms. The minimum atomic E-state index is -4.53. The third-order valence-corrected chi connectivity index (χ3v) is 6.31. The number of benzene rings is 1. The SMILES string of the molecule is O=C(c1ccc(C(F)(F)F)nc1)N1CCC(O)(c2ccccc2)C2CCCCC21. The minimum Gasteiger partial charge on any atom is -0.385 e. The highest BCUT2D eigenvalue weighted by Gasteiger charge is 2.50. The maximum atomic E-state index is 13.1. The molecule has 29 heavy (non-hydrogen) atoms. The van der Waals surface area contributed by atoms with Gasteiger partial charge >= 0.3 is 6.18 Å². The summed E-state index contributed by atoms with van der Waals surface area (Å²) in [6.45, 7) is 0.354. The number of carbonyl (C=O) groups excluding carboxylic acids is 1. The number of halogens is 3. The van der Waals surface area contributed by atoms with Gasteiger partial charge in [0.25, 0.3) is 5.91 Å². The number of aliphatic hydroxyl groups is 1. The highest BCUT2D eigenvalue weighted by Crippen LogP contribution is 2.47. The maximum Gasteiger partial charge on any atom is 0.433 e. The summed E-state index contributed by atoms with van der Waals surface area (Å²) in [5.41, 5.74) is -1.00. The first kappa shape index (κ1) is 19.9. The lowest BCUT2D eigenvalue weighted by Crippen LogP contribution is -2.59. The molecule has 3 unspecified atom stereocenters. The molecule has 1 saturated carbocycles. The first-order valence-corrected chi connectivity index (χ1v) is 9.93. The molecule has 3 atom stereocenters. The zero-order valence-electron chi connectivity index (χ0n) is 15.9. The quantitative estimate of drug-likeness (QED) is 0.808. The Kier molecular flexibility index (Phi) is 5.11. The molecule has 4 nitrogen and oxygen atoms in total. The molecule has 0 spiro atoms. The van der Waals surface area contributed by atoms with Gasteiger partial charge in [0.2, 0.25) is 0 Å². The van der Waals surface area contributed by atoms with Crippen LogP contribution in [0.25, 0.3) is 0 Å². The monoisotopic (exact) mass is 404 g/mol. The van der Waals surface area contributed by atoms with Crippen molar-refractivity contribution in [3.05, 3.63) is 65.5 Å². The van der Waals surface area contributed by atoms with Crippen molar-refractivity contribution in [1.29, 1.82) is 0 Å². The molecule has 2 fully saturated rings. The van der Waals surface area contributed by atoms with Crippen LogP contribution in [0.2, 0.25) is 0 Å². The van der Waals surface area contributed by atoms with E-state index in [9.17, 15) is 23.1 Å². The Labute approximate surface area is 167 Å². The zero-order valence-corrected chi connectivity index (χ0v) is 15.9. The second kappa shape index (κ2) is 7.44. The van der Waals surface area contributed by atoms with E-state index in [0.717, 1.165) is 43.5 Å². The van der Waals surface area contributed by atoms with Crippen molar-refractivity contribution in [2.45, 2.75) is 49.9 Å². The van der Waals surface area contributed by atoms with Gasteiger partial charge in [0.05, 0.1) is 11.2 Å². The number of pyridine rings is 1. The van der Waals surface area contributed by atoms with E-state index in [1.807, 2.05) is 30.3 Å². The molecule has 2 aromatic rings. The Balaban J connectivity index is 1.60. The number of aromatic nitrogens is 1. The second-order valence-corrected chi connectivity index (χ2v) is 7.93. The van der Waals surface area contributed by atoms with E-state index in [4.69, 9.17) is 0 Å². The largest absolute Gasteiger partial charge is 0.433 e. The van der Waals surface area contributed by atoms with Crippen LogP contribution in [0.5, 0.6) is 0 Å². The van der Waals surface area contributed by atoms with Crippen LogP contribution in [0.15, 0.2) is 48.7 Å². The Morgan fingerprint density at radius 1 is 1.10 bits per heavy atom. The molecule has 0 radical (unpaired) electrons. The normalized spacial score (nSPS) is 27.4. The van der Waals surface area contributed by atoms with Crippen LogP contribution in [0.4, 0.5) is 13.2 Å². The van der Waals surface area contributed by atoms with Gasteiger partial charge in [0.1, 0.15) is 5.69 Å². The Morgan fingerprint density at radius 2 is 1.83 bits per heavy atom. The molecule has 4 rings (SSSR count). The van der Waals surface area contributed by atoms with Gasteiger partial charge in [-0.2, -0.15) is 13.2 Å². The molecule has 7 heteroatoms. The van der Waals surface area contributed by atoms with E-state index in [0.29, 0.717) is 13.0 Å². The number of carbonyl (C=O) groups is 1. The van der Waals surface area contributed by atoms with Crippen molar-refractivity contribution in [3.8, 4) is 0 Å². The van der Waals surface area contributed by atoms with Crippen molar-refractivity contribution in [2.75, 3.05) is 6.54 Å². The molecule has 1 N–H and O–H groups in total. The third kappa shape index (κ3) is 3.64. The number of amides is 1. The molecular weight excluding hydrogens is 381 g/mol. The summed E-state index contributed by atoms with van der Waals surface area (Å²) in [5, 5.41) is 11.6. The van der Waals surface area contributed by atoms with Gasteiger partial charge in [-0.05, 0) is 37.0 Å². The van der Waals surface area contributed by atoms with E-state index < -0.39 is 17.5 Å². The standard InChI is InChI=1S/C22H23F3N2O2/c23-22(24,25)19-11-10-15(14-26-19)20(28)27-13-12-21(29,16-6-2-1-3-7-16)17-8-4-5-9-18(17)27/h1-3,6-7,10-11,14,17-18,29H,4-5,8-9,12-13H2. The predicted octanol–water partition coefficient (Wildman–Crippen LogP) is 4.39. The zero-order chi connectivity index (χ0) is 20.6. The fourth-order valence-corrected chi connectivity index (χ4v) is 4.87. The Hall–Kier alpha value is -2.41. The van der Waals surface area contributed by atoms with Gasteiger partial charge in [0, 0.05) is 24.7 Å². The number of hydrogen-bond acceptors (Lipinski definition) is 3. The summed E-state index contributed by atoms with van der Waals surface area (Å²) >= 11 is 0. The van der Waals surface area contributed by atoms with Gasteiger partial charge in [0.15, 0.2) is 0 Å². The van der Waals surface area contributed by atoms with Gasteiger partial charge in [-0.15, -0.1) is 0 Å². The number of alkyl halides is 3. The summed E-state index contributed by atoms with van der Waals surface area (Å²) in [4.78, 5) is 18.2. The first-order valence-electron chi connectivity index (χ1n) is 9.93. The van der Waals surface area contributed by atoms with Gasteiger partial charge in [-0.1, -0.05) is 43.2 Å². The summed E-state index contributed by atoms with van der Waals surface area (Å²) in [5.74, 6) is -0.419. The van der Waals surface area contributed by atoms with Crippen molar-refractivity contribution in [2.24, 2.45) is 5.92 Å². The Morgan fingerprint density at radius 3 is 2.48 bits per heavy atom. The molecule has 1 aromatic heterocycles. The van der Waals surface area contributed by atoms with Crippen LogP contribution in [0.3, 0.4) is 0 Å². The molecule has 1 saturated heterocycles.